The fourth-order valence-electron chi connectivity index (χ4n) is 1.92. The van der Waals surface area contributed by atoms with E-state index in [9.17, 15) is 4.79 Å². The van der Waals surface area contributed by atoms with Crippen LogP contribution < -0.4 is 4.90 Å². The molecule has 1 aromatic heterocycles. The summed E-state index contributed by atoms with van der Waals surface area (Å²) in [6.07, 6.45) is 0.549. The van der Waals surface area contributed by atoms with Gasteiger partial charge in [0.2, 0.25) is 0 Å². The molecule has 0 radical (unpaired) electrons. The number of benzene rings is 1. The van der Waals surface area contributed by atoms with Gasteiger partial charge in [0.15, 0.2) is 5.78 Å². The van der Waals surface area contributed by atoms with Crippen LogP contribution in [0.3, 0.4) is 0 Å². The first-order chi connectivity index (χ1) is 9.10. The molecule has 4 heteroatoms. The van der Waals surface area contributed by atoms with E-state index in [1.54, 1.807) is 11.3 Å². The molecule has 0 aliphatic rings. The Morgan fingerprint density at radius 1 is 1.32 bits per heavy atom. The molecule has 0 aliphatic carbocycles. The molecule has 2 rings (SSSR count). The lowest BCUT2D eigenvalue weighted by Crippen LogP contribution is -2.16. The van der Waals surface area contributed by atoms with Crippen LogP contribution in [0.1, 0.15) is 34.4 Å². The van der Waals surface area contributed by atoms with Crippen LogP contribution >= 0.6 is 11.3 Å². The molecule has 0 fully saturated rings. The lowest BCUT2D eigenvalue weighted by molar-refractivity contribution is 0.0988. The second-order valence-corrected chi connectivity index (χ2v) is 5.60. The van der Waals surface area contributed by atoms with Gasteiger partial charge in [-0.2, -0.15) is 0 Å². The average Bonchev–Trinajstić information content (AvgIpc) is 2.83. The van der Waals surface area contributed by atoms with Crippen LogP contribution in [-0.2, 0) is 6.54 Å². The van der Waals surface area contributed by atoms with Gasteiger partial charge in [-0.25, -0.2) is 4.98 Å². The number of carbonyl (C=O) groups excluding carboxylic acids is 1. The van der Waals surface area contributed by atoms with Gasteiger partial charge in [0.05, 0.1) is 17.2 Å². The minimum atomic E-state index is 0.185. The zero-order chi connectivity index (χ0) is 13.8. The smallest absolute Gasteiger partial charge is 0.162 e. The maximum absolute atomic E-state index is 11.6. The zero-order valence-electron chi connectivity index (χ0n) is 11.5. The highest BCUT2D eigenvalue weighted by atomic mass is 32.1. The van der Waals surface area contributed by atoms with Crippen molar-refractivity contribution in [1.29, 1.82) is 0 Å². The van der Waals surface area contributed by atoms with Crippen LogP contribution in [0, 0.1) is 6.92 Å². The van der Waals surface area contributed by atoms with Crippen LogP contribution in [0.5, 0.6) is 0 Å². The Morgan fingerprint density at radius 3 is 2.53 bits per heavy atom. The molecule has 0 spiro atoms. The fraction of sp³-hybridized carbons (Fsp3) is 0.333. The van der Waals surface area contributed by atoms with Crippen molar-refractivity contribution in [2.45, 2.75) is 26.8 Å². The summed E-state index contributed by atoms with van der Waals surface area (Å²) in [6.45, 7) is 4.68. The zero-order valence-corrected chi connectivity index (χ0v) is 12.3. The highest BCUT2D eigenvalue weighted by molar-refractivity contribution is 7.09. The molecule has 3 nitrogen and oxygen atoms in total. The highest BCUT2D eigenvalue weighted by Gasteiger charge is 2.07. The van der Waals surface area contributed by atoms with E-state index in [0.29, 0.717) is 6.42 Å². The van der Waals surface area contributed by atoms with E-state index in [2.05, 4.69) is 15.3 Å². The van der Waals surface area contributed by atoms with Crippen molar-refractivity contribution in [3.05, 3.63) is 45.9 Å². The molecule has 2 aromatic rings. The van der Waals surface area contributed by atoms with Crippen molar-refractivity contribution >= 4 is 22.8 Å². The topological polar surface area (TPSA) is 33.2 Å². The number of aryl methyl sites for hydroxylation is 1. The first-order valence-corrected chi connectivity index (χ1v) is 7.23. The number of rotatable bonds is 5. The molecule has 1 aromatic carbocycles. The molecule has 0 unspecified atom stereocenters. The summed E-state index contributed by atoms with van der Waals surface area (Å²) in [5, 5.41) is 3.17. The Labute approximate surface area is 117 Å². The van der Waals surface area contributed by atoms with Crippen molar-refractivity contribution in [3.63, 3.8) is 0 Å². The van der Waals surface area contributed by atoms with Gasteiger partial charge in [0.25, 0.3) is 0 Å². The minimum absolute atomic E-state index is 0.185. The maximum atomic E-state index is 11.6. The standard InChI is InChI=1S/C15H18N2OS/c1-4-15(18)12-5-7-14(8-6-12)17(3)9-13-10-19-11(2)16-13/h5-8,10H,4,9H2,1-3H3. The van der Waals surface area contributed by atoms with Crippen molar-refractivity contribution in [2.24, 2.45) is 0 Å². The van der Waals surface area contributed by atoms with Gasteiger partial charge in [0.1, 0.15) is 0 Å². The van der Waals surface area contributed by atoms with E-state index in [0.717, 1.165) is 28.5 Å². The average molecular weight is 274 g/mol. The van der Waals surface area contributed by atoms with Gasteiger partial charge in [-0.05, 0) is 31.2 Å². The molecule has 0 N–H and O–H groups in total. The van der Waals surface area contributed by atoms with Crippen molar-refractivity contribution in [1.82, 2.24) is 4.98 Å². The Hall–Kier alpha value is -1.68. The molecule has 19 heavy (non-hydrogen) atoms. The number of anilines is 1. The van der Waals surface area contributed by atoms with E-state index in [-0.39, 0.29) is 5.78 Å². The number of carbonyl (C=O) groups is 1. The summed E-state index contributed by atoms with van der Waals surface area (Å²) in [5.41, 5.74) is 2.96. The number of ketones is 1. The Morgan fingerprint density at radius 2 is 2.00 bits per heavy atom. The van der Waals surface area contributed by atoms with Crippen LogP contribution in [-0.4, -0.2) is 17.8 Å². The van der Waals surface area contributed by atoms with Gasteiger partial charge < -0.3 is 4.90 Å². The minimum Gasteiger partial charge on any atom is -0.369 e. The van der Waals surface area contributed by atoms with Crippen LogP contribution in [0.2, 0.25) is 0 Å². The van der Waals surface area contributed by atoms with E-state index < -0.39 is 0 Å². The third kappa shape index (κ3) is 3.41. The van der Waals surface area contributed by atoms with E-state index in [4.69, 9.17) is 0 Å². The number of Topliss-reactive ketones (excluding diaryl/α,β-unsaturated/α-hetero) is 1. The number of hydrogen-bond donors (Lipinski definition) is 0. The molecule has 0 aliphatic heterocycles. The van der Waals surface area contributed by atoms with Gasteiger partial charge >= 0.3 is 0 Å². The molecule has 100 valence electrons. The van der Waals surface area contributed by atoms with Gasteiger partial charge in [-0.15, -0.1) is 11.3 Å². The molecule has 0 atom stereocenters. The summed E-state index contributed by atoms with van der Waals surface area (Å²) in [5.74, 6) is 0.185. The Balaban J connectivity index is 2.07. The van der Waals surface area contributed by atoms with Gasteiger partial charge in [-0.3, -0.25) is 4.79 Å². The van der Waals surface area contributed by atoms with Crippen molar-refractivity contribution in [3.8, 4) is 0 Å². The lowest BCUT2D eigenvalue weighted by atomic mass is 10.1. The normalized spacial score (nSPS) is 10.5. The summed E-state index contributed by atoms with van der Waals surface area (Å²) in [7, 11) is 2.03. The first kappa shape index (κ1) is 13.7. The molecule has 0 saturated heterocycles. The SMILES string of the molecule is CCC(=O)c1ccc(N(C)Cc2csc(C)n2)cc1. The largest absolute Gasteiger partial charge is 0.369 e. The van der Waals surface area contributed by atoms with E-state index >= 15 is 0 Å². The maximum Gasteiger partial charge on any atom is 0.162 e. The summed E-state index contributed by atoms with van der Waals surface area (Å²) in [6, 6.07) is 7.76. The third-order valence-electron chi connectivity index (χ3n) is 3.02. The molecular formula is C15H18N2OS. The van der Waals surface area contributed by atoms with Crippen LogP contribution in [0.4, 0.5) is 5.69 Å². The number of nitrogens with zero attached hydrogens (tertiary/aromatic N) is 2. The Bertz CT molecular complexity index is 560. The number of hydrogen-bond acceptors (Lipinski definition) is 4. The predicted molar refractivity (Wildman–Crippen MR) is 80.0 cm³/mol. The van der Waals surface area contributed by atoms with Crippen molar-refractivity contribution in [2.75, 3.05) is 11.9 Å². The second-order valence-electron chi connectivity index (χ2n) is 4.54. The summed E-state index contributed by atoms with van der Waals surface area (Å²) >= 11 is 1.67. The third-order valence-corrected chi connectivity index (χ3v) is 3.84. The molecule has 0 bridgehead atoms. The van der Waals surface area contributed by atoms with Crippen molar-refractivity contribution < 1.29 is 4.79 Å². The number of aromatic nitrogens is 1. The van der Waals surface area contributed by atoms with Gasteiger partial charge in [0, 0.05) is 30.1 Å². The predicted octanol–water partition coefficient (Wildman–Crippen LogP) is 3.68. The molecular weight excluding hydrogens is 256 g/mol. The van der Waals surface area contributed by atoms with Crippen LogP contribution in [0.15, 0.2) is 29.6 Å². The molecule has 1 heterocycles. The summed E-state index contributed by atoms with van der Waals surface area (Å²) in [4.78, 5) is 18.2. The summed E-state index contributed by atoms with van der Waals surface area (Å²) < 4.78 is 0. The van der Waals surface area contributed by atoms with E-state index in [1.807, 2.05) is 45.2 Å². The second kappa shape index (κ2) is 5.97. The quantitative estimate of drug-likeness (QED) is 0.780. The lowest BCUT2D eigenvalue weighted by Gasteiger charge is -2.18. The monoisotopic (exact) mass is 274 g/mol. The molecule has 0 saturated carbocycles. The Kier molecular flexibility index (Phi) is 4.32. The fourth-order valence-corrected chi connectivity index (χ4v) is 2.52. The first-order valence-electron chi connectivity index (χ1n) is 6.35. The van der Waals surface area contributed by atoms with Gasteiger partial charge in [-0.1, -0.05) is 6.92 Å². The van der Waals surface area contributed by atoms with Crippen LogP contribution in [0.25, 0.3) is 0 Å². The van der Waals surface area contributed by atoms with E-state index in [1.165, 1.54) is 0 Å². The number of thiazole rings is 1. The molecule has 0 amide bonds. The highest BCUT2D eigenvalue weighted by Crippen LogP contribution is 2.18.